The standard InChI is InChI=1S/C19H30N2O4S/c1-6-21(15-9-7-8-10-15)18(22)14-11-12-16(25-5)17(13-14)26(23,24)20-19(2,3)4/h11-13,15,20H,6-10H2,1-5H3. The van der Waals surface area contributed by atoms with Gasteiger partial charge < -0.3 is 9.64 Å². The molecule has 0 bridgehead atoms. The molecule has 146 valence electrons. The number of hydrogen-bond acceptors (Lipinski definition) is 4. The molecule has 1 aromatic rings. The number of methoxy groups -OCH3 is 1. The molecule has 0 spiro atoms. The summed E-state index contributed by atoms with van der Waals surface area (Å²) >= 11 is 0. The third-order valence-electron chi connectivity index (χ3n) is 4.51. The summed E-state index contributed by atoms with van der Waals surface area (Å²) in [5, 5.41) is 0. The summed E-state index contributed by atoms with van der Waals surface area (Å²) in [6, 6.07) is 4.84. The lowest BCUT2D eigenvalue weighted by Gasteiger charge is -2.28. The molecule has 1 amide bonds. The number of hydrogen-bond donors (Lipinski definition) is 1. The molecule has 1 saturated carbocycles. The highest BCUT2D eigenvalue weighted by molar-refractivity contribution is 7.89. The fraction of sp³-hybridized carbons (Fsp3) is 0.632. The second-order valence-electron chi connectivity index (χ2n) is 7.75. The largest absolute Gasteiger partial charge is 0.495 e. The molecule has 26 heavy (non-hydrogen) atoms. The van der Waals surface area contributed by atoms with E-state index in [1.165, 1.54) is 13.2 Å². The van der Waals surface area contributed by atoms with Crippen LogP contribution in [0.4, 0.5) is 0 Å². The SMILES string of the molecule is CCN(C(=O)c1ccc(OC)c(S(=O)(=O)NC(C)(C)C)c1)C1CCCC1. The number of sulfonamides is 1. The van der Waals surface area contributed by atoms with Crippen molar-refractivity contribution in [2.24, 2.45) is 0 Å². The number of carbonyl (C=O) groups is 1. The van der Waals surface area contributed by atoms with Crippen LogP contribution in [-0.4, -0.2) is 44.5 Å². The molecular formula is C19H30N2O4S. The molecule has 2 rings (SSSR count). The van der Waals surface area contributed by atoms with E-state index in [4.69, 9.17) is 4.74 Å². The summed E-state index contributed by atoms with van der Waals surface area (Å²) in [4.78, 5) is 14.8. The second-order valence-corrected chi connectivity index (χ2v) is 9.40. The van der Waals surface area contributed by atoms with Gasteiger partial charge in [-0.2, -0.15) is 0 Å². The van der Waals surface area contributed by atoms with Gasteiger partial charge in [0.15, 0.2) is 0 Å². The number of ether oxygens (including phenoxy) is 1. The number of nitrogens with zero attached hydrogens (tertiary/aromatic N) is 1. The Balaban J connectivity index is 2.41. The van der Waals surface area contributed by atoms with Gasteiger partial charge in [0.05, 0.1) is 7.11 Å². The first-order chi connectivity index (χ1) is 12.1. The molecule has 0 atom stereocenters. The summed E-state index contributed by atoms with van der Waals surface area (Å²) in [5.74, 6) is 0.0940. The molecule has 6 nitrogen and oxygen atoms in total. The van der Waals surface area contributed by atoms with Crippen molar-refractivity contribution in [2.75, 3.05) is 13.7 Å². The van der Waals surface area contributed by atoms with E-state index in [1.54, 1.807) is 32.9 Å². The minimum atomic E-state index is -3.81. The van der Waals surface area contributed by atoms with Gasteiger partial charge in [0.2, 0.25) is 10.0 Å². The lowest BCUT2D eigenvalue weighted by Crippen LogP contribution is -2.41. The summed E-state index contributed by atoms with van der Waals surface area (Å²) in [5.41, 5.74) is -0.266. The Bertz CT molecular complexity index is 747. The lowest BCUT2D eigenvalue weighted by molar-refractivity contribution is 0.0693. The van der Waals surface area contributed by atoms with Gasteiger partial charge >= 0.3 is 0 Å². The van der Waals surface area contributed by atoms with E-state index in [0.717, 1.165) is 25.7 Å². The van der Waals surface area contributed by atoms with Crippen LogP contribution in [0.1, 0.15) is 63.7 Å². The van der Waals surface area contributed by atoms with E-state index in [0.29, 0.717) is 12.1 Å². The Morgan fingerprint density at radius 1 is 1.27 bits per heavy atom. The number of carbonyl (C=O) groups excluding carboxylic acids is 1. The van der Waals surface area contributed by atoms with Gasteiger partial charge in [-0.05, 0) is 58.7 Å². The molecule has 0 radical (unpaired) electrons. The average Bonchev–Trinajstić information content (AvgIpc) is 3.06. The normalized spacial score (nSPS) is 15.9. The van der Waals surface area contributed by atoms with Gasteiger partial charge in [0.1, 0.15) is 10.6 Å². The summed E-state index contributed by atoms with van der Waals surface area (Å²) in [7, 11) is -2.39. The Morgan fingerprint density at radius 2 is 1.88 bits per heavy atom. The Morgan fingerprint density at radius 3 is 2.38 bits per heavy atom. The fourth-order valence-corrected chi connectivity index (χ4v) is 5.04. The zero-order valence-electron chi connectivity index (χ0n) is 16.3. The van der Waals surface area contributed by atoms with Crippen LogP contribution in [-0.2, 0) is 10.0 Å². The van der Waals surface area contributed by atoms with E-state index >= 15 is 0 Å². The Hall–Kier alpha value is -1.60. The van der Waals surface area contributed by atoms with Crippen molar-refractivity contribution in [3.8, 4) is 5.75 Å². The molecule has 1 N–H and O–H groups in total. The van der Waals surface area contributed by atoms with Crippen LogP contribution in [0.5, 0.6) is 5.75 Å². The second kappa shape index (κ2) is 7.96. The van der Waals surface area contributed by atoms with Gasteiger partial charge in [-0.15, -0.1) is 0 Å². The van der Waals surface area contributed by atoms with Gasteiger partial charge in [0, 0.05) is 23.7 Å². The van der Waals surface area contributed by atoms with E-state index in [1.807, 2.05) is 11.8 Å². The molecule has 1 fully saturated rings. The number of amides is 1. The molecular weight excluding hydrogens is 352 g/mol. The predicted molar refractivity (Wildman–Crippen MR) is 102 cm³/mol. The van der Waals surface area contributed by atoms with Crippen molar-refractivity contribution in [3.05, 3.63) is 23.8 Å². The van der Waals surface area contributed by atoms with E-state index in [9.17, 15) is 13.2 Å². The van der Waals surface area contributed by atoms with E-state index < -0.39 is 15.6 Å². The first kappa shape index (κ1) is 20.7. The maximum Gasteiger partial charge on any atom is 0.254 e. The topological polar surface area (TPSA) is 75.7 Å². The molecule has 1 aliphatic carbocycles. The Labute approximate surface area is 157 Å². The smallest absolute Gasteiger partial charge is 0.254 e. The number of nitrogens with one attached hydrogen (secondary N) is 1. The summed E-state index contributed by atoms with van der Waals surface area (Å²) < 4.78 is 33.4. The summed E-state index contributed by atoms with van der Waals surface area (Å²) in [6.45, 7) is 7.87. The van der Waals surface area contributed by atoms with Gasteiger partial charge in [-0.25, -0.2) is 13.1 Å². The number of benzene rings is 1. The Kier molecular flexibility index (Phi) is 6.34. The van der Waals surface area contributed by atoms with Crippen LogP contribution in [0.3, 0.4) is 0 Å². The van der Waals surface area contributed by atoms with Crippen molar-refractivity contribution in [1.29, 1.82) is 0 Å². The third-order valence-corrected chi connectivity index (χ3v) is 6.29. The maximum atomic E-state index is 13.0. The third kappa shape index (κ3) is 4.76. The number of rotatable bonds is 6. The van der Waals surface area contributed by atoms with Crippen molar-refractivity contribution in [2.45, 2.75) is 69.9 Å². The lowest BCUT2D eigenvalue weighted by atomic mass is 10.1. The minimum absolute atomic E-state index is 0.0109. The summed E-state index contributed by atoms with van der Waals surface area (Å²) in [6.07, 6.45) is 4.28. The van der Waals surface area contributed by atoms with Gasteiger partial charge in [-0.3, -0.25) is 4.79 Å². The fourth-order valence-electron chi connectivity index (χ4n) is 3.43. The highest BCUT2D eigenvalue weighted by atomic mass is 32.2. The molecule has 7 heteroatoms. The first-order valence-corrected chi connectivity index (χ1v) is 10.6. The van der Waals surface area contributed by atoms with Crippen molar-refractivity contribution in [1.82, 2.24) is 9.62 Å². The van der Waals surface area contributed by atoms with Crippen LogP contribution >= 0.6 is 0 Å². The van der Waals surface area contributed by atoms with Crippen molar-refractivity contribution < 1.29 is 17.9 Å². The van der Waals surface area contributed by atoms with Gasteiger partial charge in [0.25, 0.3) is 5.91 Å². The van der Waals surface area contributed by atoms with E-state index in [-0.39, 0.29) is 22.6 Å². The molecule has 0 aromatic heterocycles. The van der Waals surface area contributed by atoms with Gasteiger partial charge in [-0.1, -0.05) is 12.8 Å². The molecule has 0 unspecified atom stereocenters. The monoisotopic (exact) mass is 382 g/mol. The van der Waals surface area contributed by atoms with Crippen LogP contribution in [0.15, 0.2) is 23.1 Å². The van der Waals surface area contributed by atoms with Crippen LogP contribution in [0.25, 0.3) is 0 Å². The zero-order valence-corrected chi connectivity index (χ0v) is 17.1. The quantitative estimate of drug-likeness (QED) is 0.820. The highest BCUT2D eigenvalue weighted by Crippen LogP contribution is 2.29. The minimum Gasteiger partial charge on any atom is -0.495 e. The van der Waals surface area contributed by atoms with Crippen LogP contribution in [0, 0.1) is 0 Å². The zero-order chi connectivity index (χ0) is 19.5. The van der Waals surface area contributed by atoms with Crippen molar-refractivity contribution >= 4 is 15.9 Å². The van der Waals surface area contributed by atoms with E-state index in [2.05, 4.69) is 4.72 Å². The average molecular weight is 383 g/mol. The van der Waals surface area contributed by atoms with Crippen LogP contribution < -0.4 is 9.46 Å². The van der Waals surface area contributed by atoms with Crippen molar-refractivity contribution in [3.63, 3.8) is 0 Å². The van der Waals surface area contributed by atoms with Crippen LogP contribution in [0.2, 0.25) is 0 Å². The molecule has 1 aliphatic rings. The maximum absolute atomic E-state index is 13.0. The molecule has 1 aromatic carbocycles. The first-order valence-electron chi connectivity index (χ1n) is 9.12. The predicted octanol–water partition coefficient (Wildman–Crippen LogP) is 3.18. The highest BCUT2D eigenvalue weighted by Gasteiger charge is 2.29. The molecule has 0 aliphatic heterocycles. The molecule has 0 heterocycles. The molecule has 0 saturated heterocycles.